The van der Waals surface area contributed by atoms with Crippen LogP contribution in [0.4, 0.5) is 8.78 Å². The van der Waals surface area contributed by atoms with Crippen LogP contribution in [-0.2, 0) is 6.42 Å². The summed E-state index contributed by atoms with van der Waals surface area (Å²) in [5.41, 5.74) is 1.08. The highest BCUT2D eigenvalue weighted by Gasteiger charge is 2.63. The van der Waals surface area contributed by atoms with Crippen LogP contribution in [-0.4, -0.2) is 53.7 Å². The van der Waals surface area contributed by atoms with Gasteiger partial charge in [0.15, 0.2) is 0 Å². The molecule has 4 rings (SSSR count). The zero-order chi connectivity index (χ0) is 27.3. The van der Waals surface area contributed by atoms with Crippen molar-refractivity contribution >= 4 is 0 Å². The summed E-state index contributed by atoms with van der Waals surface area (Å²) in [5, 5.41) is 21.5. The van der Waals surface area contributed by atoms with Gasteiger partial charge in [0.05, 0.1) is 12.3 Å². The van der Waals surface area contributed by atoms with Crippen molar-refractivity contribution in [1.82, 2.24) is 4.90 Å². The Bertz CT molecular complexity index is 892. The van der Waals surface area contributed by atoms with Gasteiger partial charge in [0.25, 0.3) is 0 Å². The average molecular weight is 534 g/mol. The summed E-state index contributed by atoms with van der Waals surface area (Å²) < 4.78 is 28.2. The highest BCUT2D eigenvalue weighted by Crippen LogP contribution is 2.66. The van der Waals surface area contributed by atoms with Gasteiger partial charge >= 0.3 is 0 Å². The summed E-state index contributed by atoms with van der Waals surface area (Å²) in [7, 11) is 2.22. The quantitative estimate of drug-likeness (QED) is 0.238. The molecule has 1 aromatic carbocycles. The van der Waals surface area contributed by atoms with Gasteiger partial charge in [-0.15, -0.1) is 0 Å². The van der Waals surface area contributed by atoms with Crippen molar-refractivity contribution in [2.45, 2.75) is 121 Å². The third kappa shape index (κ3) is 6.40. The number of aromatic hydroxyl groups is 1. The van der Waals surface area contributed by atoms with Gasteiger partial charge in [-0.05, 0) is 119 Å². The van der Waals surface area contributed by atoms with Crippen molar-refractivity contribution in [3.8, 4) is 5.75 Å². The Morgan fingerprint density at radius 3 is 2.34 bits per heavy atom. The lowest BCUT2D eigenvalue weighted by Crippen LogP contribution is -2.54. The summed E-state index contributed by atoms with van der Waals surface area (Å²) in [4.78, 5) is 2.44. The van der Waals surface area contributed by atoms with Crippen LogP contribution in [0, 0.1) is 23.2 Å². The molecule has 38 heavy (non-hydrogen) atoms. The predicted molar refractivity (Wildman–Crippen MR) is 152 cm³/mol. The van der Waals surface area contributed by atoms with Gasteiger partial charge in [0.2, 0.25) is 0 Å². The van der Waals surface area contributed by atoms with Crippen molar-refractivity contribution < 1.29 is 19.0 Å². The lowest BCUT2D eigenvalue weighted by molar-refractivity contribution is -0.120. The van der Waals surface area contributed by atoms with E-state index in [9.17, 15) is 14.6 Å². The Balaban J connectivity index is 1.31. The fourth-order valence-electron chi connectivity index (χ4n) is 8.54. The Morgan fingerprint density at radius 2 is 1.63 bits per heavy atom. The summed E-state index contributed by atoms with van der Waals surface area (Å²) in [6.07, 6.45) is 13.3. The third-order valence-corrected chi connectivity index (χ3v) is 10.9. The van der Waals surface area contributed by atoms with Gasteiger partial charge in [0, 0.05) is 11.3 Å². The monoisotopic (exact) mass is 533 g/mol. The average Bonchev–Trinajstić information content (AvgIpc) is 3.10. The maximum Gasteiger partial charge on any atom is 0.115 e. The Labute approximate surface area is 230 Å². The molecular formula is C33H53F2NO2. The molecule has 3 aliphatic rings. The number of phenols is 1. The highest BCUT2D eigenvalue weighted by molar-refractivity contribution is 5.41. The molecule has 4 unspecified atom stereocenters. The zero-order valence-electron chi connectivity index (χ0n) is 24.2. The summed E-state index contributed by atoms with van der Waals surface area (Å²) in [6.45, 7) is 6.16. The van der Waals surface area contributed by atoms with E-state index in [2.05, 4.69) is 18.9 Å². The van der Waals surface area contributed by atoms with E-state index in [4.69, 9.17) is 0 Å². The highest BCUT2D eigenvalue weighted by atomic mass is 19.1. The van der Waals surface area contributed by atoms with Gasteiger partial charge in [-0.25, -0.2) is 4.39 Å². The number of hydrogen-bond acceptors (Lipinski definition) is 3. The fourth-order valence-corrected chi connectivity index (χ4v) is 8.54. The fraction of sp³-hybridized carbons (Fsp3) is 0.818. The largest absolute Gasteiger partial charge is 0.508 e. The van der Waals surface area contributed by atoms with Crippen LogP contribution in [0.5, 0.6) is 5.75 Å². The smallest absolute Gasteiger partial charge is 0.115 e. The predicted octanol–water partition coefficient (Wildman–Crippen LogP) is 7.98. The van der Waals surface area contributed by atoms with E-state index >= 15 is 4.39 Å². The minimum Gasteiger partial charge on any atom is -0.508 e. The Hall–Kier alpha value is -1.20. The van der Waals surface area contributed by atoms with E-state index in [1.54, 1.807) is 6.07 Å². The maximum atomic E-state index is 16.0. The first kappa shape index (κ1) is 29.8. The van der Waals surface area contributed by atoms with E-state index in [0.29, 0.717) is 24.7 Å². The molecule has 5 heteroatoms. The molecular weight excluding hydrogens is 480 g/mol. The van der Waals surface area contributed by atoms with Gasteiger partial charge in [-0.2, -0.15) is 0 Å². The minimum absolute atomic E-state index is 0.112. The number of fused-ring (bicyclic) bond motifs is 5. The molecule has 7 atom stereocenters. The Kier molecular flexibility index (Phi) is 10.2. The molecule has 0 bridgehead atoms. The van der Waals surface area contributed by atoms with Crippen LogP contribution in [0.2, 0.25) is 0 Å². The number of phenolic OH excluding ortho intramolecular Hbond substituents is 1. The zero-order valence-corrected chi connectivity index (χ0v) is 24.2. The SMILES string of the molecule is CN(CCCCCCCCF)CCCCCC1Cc2cc(O)ccc2C2C1C1CC[C@](C)(O)[C@@]1(C)C[C@@H]2F. The van der Waals surface area contributed by atoms with Crippen LogP contribution >= 0.6 is 0 Å². The first-order chi connectivity index (χ1) is 18.2. The molecule has 216 valence electrons. The van der Waals surface area contributed by atoms with Crippen molar-refractivity contribution in [2.75, 3.05) is 26.8 Å². The molecule has 0 heterocycles. The molecule has 3 aliphatic carbocycles. The second-order valence-corrected chi connectivity index (χ2v) is 13.5. The number of alkyl halides is 2. The number of nitrogens with zero attached hydrogens (tertiary/aromatic N) is 1. The second kappa shape index (κ2) is 13.0. The molecule has 0 aliphatic heterocycles. The molecule has 0 spiro atoms. The van der Waals surface area contributed by atoms with Gasteiger partial charge < -0.3 is 15.1 Å². The summed E-state index contributed by atoms with van der Waals surface area (Å²) in [6, 6.07) is 5.57. The second-order valence-electron chi connectivity index (χ2n) is 13.5. The van der Waals surface area contributed by atoms with Crippen molar-refractivity contribution in [1.29, 1.82) is 0 Å². The number of aliphatic hydroxyl groups is 1. The molecule has 0 saturated heterocycles. The number of hydrogen-bond donors (Lipinski definition) is 2. The molecule has 2 saturated carbocycles. The molecule has 2 N–H and O–H groups in total. The van der Waals surface area contributed by atoms with E-state index in [1.165, 1.54) is 32.1 Å². The molecule has 1 aromatic rings. The number of benzene rings is 1. The Morgan fingerprint density at radius 1 is 0.974 bits per heavy atom. The standard InChI is InChI=1S/C33H53F2NO2/c1-32-23-29(35)31-27-15-14-26(37)22-25(27)21-24(30(31)28(32)16-17-33(32,2)38)13-9-8-12-20-36(3)19-11-7-5-4-6-10-18-34/h14-15,22,24,28-31,37-38H,4-13,16-21,23H2,1-3H3/t24?,28?,29-,30?,31?,32-,33-/m0/s1. The van der Waals surface area contributed by atoms with Gasteiger partial charge in [-0.1, -0.05) is 51.5 Å². The maximum absolute atomic E-state index is 16.0. The number of rotatable bonds is 14. The molecule has 2 fully saturated rings. The number of halogens is 2. The van der Waals surface area contributed by atoms with E-state index in [1.807, 2.05) is 19.1 Å². The van der Waals surface area contributed by atoms with Gasteiger partial charge in [-0.3, -0.25) is 4.39 Å². The van der Waals surface area contributed by atoms with E-state index in [0.717, 1.165) is 69.2 Å². The van der Waals surface area contributed by atoms with Crippen molar-refractivity contribution in [3.63, 3.8) is 0 Å². The lowest BCUT2D eigenvalue weighted by atomic mass is 9.50. The first-order valence-corrected chi connectivity index (χ1v) is 15.6. The molecule has 0 aromatic heterocycles. The first-order valence-electron chi connectivity index (χ1n) is 15.6. The summed E-state index contributed by atoms with van der Waals surface area (Å²) >= 11 is 0. The molecule has 3 nitrogen and oxygen atoms in total. The van der Waals surface area contributed by atoms with Crippen LogP contribution in [0.3, 0.4) is 0 Å². The van der Waals surface area contributed by atoms with Crippen LogP contribution in [0.15, 0.2) is 18.2 Å². The van der Waals surface area contributed by atoms with Crippen LogP contribution in [0.25, 0.3) is 0 Å². The number of unbranched alkanes of at least 4 members (excludes halogenated alkanes) is 7. The molecule has 0 amide bonds. The third-order valence-electron chi connectivity index (χ3n) is 10.9. The van der Waals surface area contributed by atoms with Crippen LogP contribution in [0.1, 0.15) is 114 Å². The van der Waals surface area contributed by atoms with Gasteiger partial charge in [0.1, 0.15) is 11.9 Å². The van der Waals surface area contributed by atoms with E-state index in [-0.39, 0.29) is 29.7 Å². The topological polar surface area (TPSA) is 43.7 Å². The van der Waals surface area contributed by atoms with E-state index < -0.39 is 11.8 Å². The van der Waals surface area contributed by atoms with Crippen LogP contribution < -0.4 is 0 Å². The lowest BCUT2D eigenvalue weighted by Gasteiger charge is -2.56. The molecule has 0 radical (unpaired) electrons. The minimum atomic E-state index is -0.950. The van der Waals surface area contributed by atoms with Crippen molar-refractivity contribution in [3.05, 3.63) is 29.3 Å². The normalized spacial score (nSPS) is 34.2. The van der Waals surface area contributed by atoms with Crippen molar-refractivity contribution in [2.24, 2.45) is 23.2 Å². The summed E-state index contributed by atoms with van der Waals surface area (Å²) in [5.74, 6) is 1.19.